The predicted octanol–water partition coefficient (Wildman–Crippen LogP) is 6.33. The van der Waals surface area contributed by atoms with Crippen molar-refractivity contribution >= 4 is 36.6 Å². The van der Waals surface area contributed by atoms with Crippen LogP contribution in [0.15, 0.2) is 42.6 Å². The van der Waals surface area contributed by atoms with Gasteiger partial charge < -0.3 is 30.1 Å². The number of rotatable bonds is 9. The van der Waals surface area contributed by atoms with Gasteiger partial charge in [0, 0.05) is 13.2 Å². The summed E-state index contributed by atoms with van der Waals surface area (Å²) in [5.41, 5.74) is 0.608. The Morgan fingerprint density at radius 1 is 1.10 bits per heavy atom. The summed E-state index contributed by atoms with van der Waals surface area (Å²) in [5, 5.41) is 4.09. The van der Waals surface area contributed by atoms with Gasteiger partial charge in [-0.2, -0.15) is 18.2 Å². The number of anilines is 4. The van der Waals surface area contributed by atoms with Crippen molar-refractivity contribution in [1.82, 2.24) is 14.9 Å². The first kappa shape index (κ1) is 30.3. The number of fused-ring (bicyclic) bond motifs is 1. The number of benzene rings is 2. The molecule has 2 heterocycles. The van der Waals surface area contributed by atoms with Gasteiger partial charge >= 0.3 is 13.8 Å². The zero-order valence-electron chi connectivity index (χ0n) is 23.1. The summed E-state index contributed by atoms with van der Waals surface area (Å²) in [6.07, 6.45) is -3.83. The second-order valence-corrected chi connectivity index (χ2v) is 11.7. The molecule has 1 amide bonds. The number of carbonyl (C=O) groups excluding carboxylic acids is 1. The second kappa shape index (κ2) is 11.0. The zero-order chi connectivity index (χ0) is 30.3. The van der Waals surface area contributed by atoms with Gasteiger partial charge in [0.05, 0.1) is 35.2 Å². The molecule has 3 aromatic rings. The van der Waals surface area contributed by atoms with Crippen LogP contribution >= 0.6 is 7.60 Å². The highest BCUT2D eigenvalue weighted by Gasteiger charge is 2.45. The number of amides is 1. The largest absolute Gasteiger partial charge is 0.495 e. The van der Waals surface area contributed by atoms with E-state index in [1.165, 1.54) is 36.3 Å². The van der Waals surface area contributed by atoms with Crippen LogP contribution in [-0.2, 0) is 15.9 Å². The van der Waals surface area contributed by atoms with Crippen LogP contribution in [0.5, 0.6) is 5.75 Å². The van der Waals surface area contributed by atoms with Crippen LogP contribution < -0.4 is 15.4 Å². The summed E-state index contributed by atoms with van der Waals surface area (Å²) in [5.74, 6) is -0.912. The SMILES string of the molecule is CCC(CC)(c1ccc(Nc2ncc(C(F)(F)F)c(Nc3cccc4c3C(=O)N(C)C4C)n2)c(OC)c1)P(=O)(O)O. The first-order valence-electron chi connectivity index (χ1n) is 12.8. The first-order chi connectivity index (χ1) is 19.2. The van der Waals surface area contributed by atoms with Crippen molar-refractivity contribution in [2.75, 3.05) is 24.8 Å². The fourth-order valence-corrected chi connectivity index (χ4v) is 6.44. The minimum Gasteiger partial charge on any atom is -0.495 e. The molecule has 220 valence electrons. The molecule has 4 N–H and O–H groups in total. The monoisotopic (exact) mass is 593 g/mol. The van der Waals surface area contributed by atoms with E-state index in [4.69, 9.17) is 4.74 Å². The third-order valence-electron chi connectivity index (χ3n) is 7.72. The predicted molar refractivity (Wildman–Crippen MR) is 148 cm³/mol. The Bertz CT molecular complexity index is 1520. The molecule has 4 rings (SSSR count). The lowest BCUT2D eigenvalue weighted by atomic mass is 9.92. The number of hydrogen-bond acceptors (Lipinski definition) is 7. The number of methoxy groups -OCH3 is 1. The molecule has 2 aromatic carbocycles. The second-order valence-electron chi connectivity index (χ2n) is 9.76. The van der Waals surface area contributed by atoms with E-state index >= 15 is 0 Å². The summed E-state index contributed by atoms with van der Waals surface area (Å²) in [6.45, 7) is 5.19. The third kappa shape index (κ3) is 5.37. The minimum atomic E-state index is -4.79. The van der Waals surface area contributed by atoms with Crippen LogP contribution in [0.4, 0.5) is 36.3 Å². The minimum absolute atomic E-state index is 0.168. The molecule has 0 spiro atoms. The van der Waals surface area contributed by atoms with Crippen LogP contribution in [-0.4, -0.2) is 44.7 Å². The van der Waals surface area contributed by atoms with Crippen molar-refractivity contribution in [3.8, 4) is 5.75 Å². The van der Waals surface area contributed by atoms with Crippen molar-refractivity contribution in [1.29, 1.82) is 0 Å². The van der Waals surface area contributed by atoms with Crippen LogP contribution in [0.25, 0.3) is 0 Å². The summed E-state index contributed by atoms with van der Waals surface area (Å²) in [7, 11) is -1.59. The number of carbonyl (C=O) groups is 1. The van der Waals surface area contributed by atoms with E-state index < -0.39 is 30.3 Å². The molecule has 1 aliphatic heterocycles. The van der Waals surface area contributed by atoms with E-state index in [1.54, 1.807) is 33.0 Å². The highest BCUT2D eigenvalue weighted by Crippen LogP contribution is 2.61. The Balaban J connectivity index is 1.74. The van der Waals surface area contributed by atoms with Gasteiger partial charge in [0.1, 0.15) is 17.1 Å². The molecule has 0 saturated heterocycles. The smallest absolute Gasteiger partial charge is 0.421 e. The van der Waals surface area contributed by atoms with E-state index in [0.717, 1.165) is 0 Å². The van der Waals surface area contributed by atoms with Crippen LogP contribution in [0.1, 0.15) is 66.7 Å². The lowest BCUT2D eigenvalue weighted by Gasteiger charge is -2.33. The number of aromatic nitrogens is 2. The van der Waals surface area contributed by atoms with Gasteiger partial charge in [-0.05, 0) is 49.1 Å². The van der Waals surface area contributed by atoms with Gasteiger partial charge in [-0.3, -0.25) is 9.36 Å². The number of nitrogens with one attached hydrogen (secondary N) is 2. The molecule has 0 fully saturated rings. The van der Waals surface area contributed by atoms with E-state index in [0.29, 0.717) is 17.3 Å². The number of alkyl halides is 3. The van der Waals surface area contributed by atoms with E-state index in [2.05, 4.69) is 20.6 Å². The maximum absolute atomic E-state index is 13.9. The number of hydrogen-bond donors (Lipinski definition) is 4. The Labute approximate surface area is 235 Å². The van der Waals surface area contributed by atoms with Crippen LogP contribution in [0.2, 0.25) is 0 Å². The molecule has 0 bridgehead atoms. The summed E-state index contributed by atoms with van der Waals surface area (Å²) in [6, 6.07) is 9.16. The molecule has 0 saturated carbocycles. The highest BCUT2D eigenvalue weighted by atomic mass is 31.2. The van der Waals surface area contributed by atoms with Gasteiger partial charge in [0.25, 0.3) is 5.91 Å². The Kier molecular flexibility index (Phi) is 8.10. The van der Waals surface area contributed by atoms with Crippen LogP contribution in [0, 0.1) is 0 Å². The number of halogens is 3. The van der Waals surface area contributed by atoms with E-state index in [-0.39, 0.29) is 53.4 Å². The highest BCUT2D eigenvalue weighted by molar-refractivity contribution is 7.53. The van der Waals surface area contributed by atoms with E-state index in [1.807, 2.05) is 6.92 Å². The lowest BCUT2D eigenvalue weighted by Crippen LogP contribution is -2.24. The molecule has 1 atom stereocenters. The molecule has 0 aliphatic carbocycles. The van der Waals surface area contributed by atoms with Crippen molar-refractivity contribution in [2.24, 2.45) is 0 Å². The molecule has 10 nitrogen and oxygen atoms in total. The summed E-state index contributed by atoms with van der Waals surface area (Å²) in [4.78, 5) is 42.5. The standard InChI is InChI=1S/C27H31F3N5O5P/c1-6-26(7-2,41(37,38)39)16-11-12-19(21(13-16)40-5)33-25-31-14-18(27(28,29)30)23(34-25)32-20-10-8-9-17-15(3)35(4)24(36)22(17)20/h8-15H,6-7H2,1-5H3,(H2,37,38,39)(H2,31,32,33,34). The molecule has 14 heteroatoms. The molecule has 1 aromatic heterocycles. The van der Waals surface area contributed by atoms with Gasteiger partial charge in [0.15, 0.2) is 0 Å². The third-order valence-corrected chi connectivity index (χ3v) is 9.73. The van der Waals surface area contributed by atoms with E-state index in [9.17, 15) is 32.3 Å². The molecular formula is C27H31F3N5O5P. The van der Waals surface area contributed by atoms with Crippen molar-refractivity contribution < 1.29 is 37.1 Å². The number of ether oxygens (including phenoxy) is 1. The zero-order valence-corrected chi connectivity index (χ0v) is 24.0. The van der Waals surface area contributed by atoms with Crippen molar-refractivity contribution in [3.05, 3.63) is 64.8 Å². The molecule has 0 radical (unpaired) electrons. The Morgan fingerprint density at radius 2 is 1.78 bits per heavy atom. The van der Waals surface area contributed by atoms with Gasteiger partial charge in [0.2, 0.25) is 5.95 Å². The fourth-order valence-electron chi connectivity index (χ4n) is 5.14. The summed E-state index contributed by atoms with van der Waals surface area (Å²) < 4.78 is 59.6. The normalized spacial score (nSPS) is 15.6. The Morgan fingerprint density at radius 3 is 2.37 bits per heavy atom. The molecule has 41 heavy (non-hydrogen) atoms. The summed E-state index contributed by atoms with van der Waals surface area (Å²) >= 11 is 0. The van der Waals surface area contributed by atoms with Gasteiger partial charge in [-0.1, -0.05) is 32.0 Å². The molecule has 1 unspecified atom stereocenters. The number of nitrogens with zero attached hydrogens (tertiary/aromatic N) is 3. The van der Waals surface area contributed by atoms with Crippen molar-refractivity contribution in [3.63, 3.8) is 0 Å². The van der Waals surface area contributed by atoms with Gasteiger partial charge in [-0.25, -0.2) is 4.98 Å². The average molecular weight is 594 g/mol. The fraction of sp³-hybridized carbons (Fsp3) is 0.370. The topological polar surface area (TPSA) is 137 Å². The Hall–Kier alpha value is -3.67. The maximum Gasteiger partial charge on any atom is 0.421 e. The maximum atomic E-state index is 13.9. The van der Waals surface area contributed by atoms with Crippen LogP contribution in [0.3, 0.4) is 0 Å². The quantitative estimate of drug-likeness (QED) is 0.210. The first-order valence-corrected chi connectivity index (χ1v) is 14.4. The van der Waals surface area contributed by atoms with Gasteiger partial charge in [-0.15, -0.1) is 0 Å². The average Bonchev–Trinajstić information content (AvgIpc) is 3.13. The van der Waals surface area contributed by atoms with Crippen molar-refractivity contribution in [2.45, 2.75) is 51.0 Å². The lowest BCUT2D eigenvalue weighted by molar-refractivity contribution is -0.137. The molecular weight excluding hydrogens is 562 g/mol. The molecule has 1 aliphatic rings.